The van der Waals surface area contributed by atoms with Crippen LogP contribution in [-0.2, 0) is 35.2 Å². The van der Waals surface area contributed by atoms with Gasteiger partial charge < -0.3 is 0 Å². The van der Waals surface area contributed by atoms with Crippen LogP contribution in [0.1, 0.15) is 52.4 Å². The Kier molecular flexibility index (Phi) is 1.14. The van der Waals surface area contributed by atoms with E-state index >= 15 is 0 Å². The van der Waals surface area contributed by atoms with Crippen molar-refractivity contribution in [2.75, 3.05) is 13.2 Å². The minimum absolute atomic E-state index is 0.165. The number of carbonyl (C=O) groups is 4. The molecule has 0 saturated carbocycles. The van der Waals surface area contributed by atoms with Gasteiger partial charge in [0.05, 0.1) is 0 Å². The summed E-state index contributed by atoms with van der Waals surface area (Å²) in [6, 6.07) is 0. The summed E-state index contributed by atoms with van der Waals surface area (Å²) < 4.78 is 9.75. The number of fused-ring (bicyclic) bond motifs is 10. The zero-order valence-electron chi connectivity index (χ0n) is 18.1. The van der Waals surface area contributed by atoms with Crippen molar-refractivity contribution in [1.29, 1.82) is 0 Å². The average molecular weight is 470 g/mol. The molecule has 0 N–H and O–H groups in total. The van der Waals surface area contributed by atoms with Gasteiger partial charge >= 0.3 is 171 Å². The fourth-order valence-electron chi connectivity index (χ4n) is 19.8. The number of carbonyl (C=O) groups excluding carboxylic acids is 4. The zero-order valence-corrected chi connectivity index (χ0v) is 19.2. The van der Waals surface area contributed by atoms with E-state index in [2.05, 4.69) is 0 Å². The molecule has 10 rings (SSSR count). The third-order valence-electron chi connectivity index (χ3n) is 17.9. The summed E-state index contributed by atoms with van der Waals surface area (Å²) in [5.41, 5.74) is 0. The molecule has 170 valence electrons. The predicted octanol–water partition coefficient (Wildman–Crippen LogP) is 4.72. The van der Waals surface area contributed by atoms with E-state index in [9.17, 15) is 19.2 Å². The molecule has 0 aromatic heterocycles. The Morgan fingerprint density at radius 3 is 1.32 bits per heavy atom. The number of rotatable bonds is 12. The topological polar surface area (TPSA) is 86.7 Å². The van der Waals surface area contributed by atoms with E-state index in [0.717, 1.165) is 28.9 Å². The van der Waals surface area contributed by atoms with Crippen molar-refractivity contribution in [2.45, 2.75) is 99.5 Å². The van der Waals surface area contributed by atoms with Gasteiger partial charge in [-0.2, -0.15) is 0 Å². The molecule has 31 heavy (non-hydrogen) atoms. The normalized spacial score (nSPS) is 72.5. The van der Waals surface area contributed by atoms with Crippen LogP contribution in [0.15, 0.2) is 0 Å². The van der Waals surface area contributed by atoms with Crippen molar-refractivity contribution in [2.24, 2.45) is 0 Å². The fourth-order valence-corrected chi connectivity index (χ4v) is 95.8. The van der Waals surface area contributed by atoms with Gasteiger partial charge in [0.2, 0.25) is 0 Å². The summed E-state index contributed by atoms with van der Waals surface area (Å²) in [5.74, 6) is 0.365. The van der Waals surface area contributed by atoms with Crippen LogP contribution in [0.2, 0.25) is 47.2 Å². The Morgan fingerprint density at radius 1 is 0.645 bits per heavy atom. The molecule has 4 atom stereocenters. The number of hydrogen-bond acceptors (Lipinski definition) is 6. The summed E-state index contributed by atoms with van der Waals surface area (Å²) in [5, 5.41) is 0. The number of esters is 2. The first kappa shape index (κ1) is 16.4. The molecule has 10 heterocycles. The molecule has 4 unspecified atom stereocenters. The van der Waals surface area contributed by atoms with Crippen LogP contribution in [0.3, 0.4) is 0 Å². The van der Waals surface area contributed by atoms with E-state index in [1.165, 1.54) is 0 Å². The maximum absolute atomic E-state index is 14.0. The van der Waals surface area contributed by atoms with Gasteiger partial charge in [0.25, 0.3) is 0 Å². The average Bonchev–Trinajstić information content (AvgIpc) is 3.67. The van der Waals surface area contributed by atoms with Crippen molar-refractivity contribution in [3.05, 3.63) is 0 Å². The Hall–Kier alpha value is -1.20. The van der Waals surface area contributed by atoms with Gasteiger partial charge in [0, 0.05) is 0 Å². The number of Topliss-reactive ketones (excluding diaryl/α,β-unsaturated/α-hetero) is 2. The molecule has 10 saturated heterocycles. The molecule has 0 aliphatic carbocycles. The van der Waals surface area contributed by atoms with Gasteiger partial charge in [-0.05, 0) is 0 Å². The van der Waals surface area contributed by atoms with Gasteiger partial charge in [-0.3, -0.25) is 0 Å². The van der Waals surface area contributed by atoms with E-state index in [0.29, 0.717) is 72.9 Å². The summed E-state index contributed by atoms with van der Waals surface area (Å²) in [4.78, 5) is 58.1. The molecule has 10 fully saturated rings. The van der Waals surface area contributed by atoms with Gasteiger partial charge in [-0.1, -0.05) is 0 Å². The maximum atomic E-state index is 14.0. The van der Waals surface area contributed by atoms with Crippen molar-refractivity contribution in [3.8, 4) is 0 Å². The van der Waals surface area contributed by atoms with Crippen molar-refractivity contribution < 1.29 is 35.2 Å². The second-order valence-electron chi connectivity index (χ2n) is 13.9. The fraction of sp³-hybridized carbons (Fsp3) is 0.833. The van der Waals surface area contributed by atoms with E-state index < -0.39 is 6.51 Å². The van der Waals surface area contributed by atoms with Gasteiger partial charge in [-0.25, -0.2) is 0 Å². The van der Waals surface area contributed by atoms with Crippen molar-refractivity contribution >= 4 is 23.5 Å². The molecule has 0 amide bonds. The van der Waals surface area contributed by atoms with Crippen LogP contribution in [0, 0.1) is 0 Å². The summed E-state index contributed by atoms with van der Waals surface area (Å²) in [6.45, 7) is 0.229. The van der Waals surface area contributed by atoms with Crippen LogP contribution >= 0.6 is 0 Å². The number of hydrogen-bond donors (Lipinski definition) is 0. The summed E-state index contributed by atoms with van der Waals surface area (Å²) in [6.07, 6.45) is 2.67. The quantitative estimate of drug-likeness (QED) is 0.303. The van der Waals surface area contributed by atoms with Crippen LogP contribution in [0.5, 0.6) is 0 Å². The summed E-state index contributed by atoms with van der Waals surface area (Å²) in [7, 11) is 0. The second-order valence-corrected chi connectivity index (χ2v) is 37.1. The molecule has 6 nitrogen and oxygen atoms in total. The van der Waals surface area contributed by atoms with E-state index in [1.807, 2.05) is 0 Å². The van der Waals surface area contributed by atoms with Gasteiger partial charge in [0.1, 0.15) is 0 Å². The van der Waals surface area contributed by atoms with Gasteiger partial charge in [-0.15, -0.1) is 0 Å². The molecular weight excluding hydrogens is 440 g/mol. The Balaban J connectivity index is 0.997. The van der Waals surface area contributed by atoms with E-state index in [4.69, 9.17) is 9.47 Å². The zero-order chi connectivity index (χ0) is 21.3. The van der Waals surface area contributed by atoms with Crippen LogP contribution in [0.4, 0.5) is 0 Å². The third kappa shape index (κ3) is 0.316. The first-order chi connectivity index (χ1) is 14.7. The van der Waals surface area contributed by atoms with Crippen molar-refractivity contribution in [3.63, 3.8) is 0 Å². The van der Waals surface area contributed by atoms with Crippen LogP contribution in [0.25, 0.3) is 0 Å². The molecule has 10 aliphatic heterocycles. The Bertz CT molecular complexity index is 1340. The SMILES string of the molecule is CCOC(=O)CCCC(=O)[C]12[CH]3[CH]4[CH]5[C]1(C(=O)CCCC(=O)OCC)[Fe]43521678[CH]2[CH]1[CH]6[CH]7[CH]28. The molecule has 0 aromatic rings. The van der Waals surface area contributed by atoms with Gasteiger partial charge in [0.15, 0.2) is 0 Å². The molecular formula is C24H30FeO6. The number of ketones is 2. The van der Waals surface area contributed by atoms with Crippen LogP contribution < -0.4 is 0 Å². The molecule has 0 bridgehead atoms. The predicted molar refractivity (Wildman–Crippen MR) is 106 cm³/mol. The third-order valence-corrected chi connectivity index (χ3v) is 60.6. The molecule has 0 radical (unpaired) electrons. The molecule has 7 heteroatoms. The van der Waals surface area contributed by atoms with E-state index in [-0.39, 0.29) is 20.6 Å². The summed E-state index contributed by atoms with van der Waals surface area (Å²) >= 11 is 0. The molecule has 10 aliphatic rings. The monoisotopic (exact) mass is 470 g/mol. The van der Waals surface area contributed by atoms with E-state index in [1.54, 1.807) is 13.8 Å². The first-order valence-electron chi connectivity index (χ1n) is 12.3. The first-order valence-corrected chi connectivity index (χ1v) is 18.5. The number of ether oxygens (including phenoxy) is 2. The van der Waals surface area contributed by atoms with Crippen LogP contribution in [-0.4, -0.2) is 36.7 Å². The second kappa shape index (κ2) is 2.15. The minimum atomic E-state index is -4.12. The molecule has 0 aromatic carbocycles. The Labute approximate surface area is 171 Å². The standard InChI is InChI=1S/C19H25O6.C5H5.Fe/c1-3-24-18(22)12-6-10-16(20)14-8-5-9-15(14)17(21)11-7-13-19(23)25-4-2;1-2-4-5-3-1;/h5,8-9H,3-4,6-7,10-13H2,1-2H3;1-5H;. The molecule has 1 spiro atoms. The Morgan fingerprint density at radius 2 is 1.03 bits per heavy atom. The van der Waals surface area contributed by atoms with Crippen molar-refractivity contribution in [1.82, 2.24) is 0 Å².